The number of aryl methyl sites for hydroxylation is 2. The molecule has 3 aromatic heterocycles. The predicted molar refractivity (Wildman–Crippen MR) is 86.9 cm³/mol. The van der Waals surface area contributed by atoms with Gasteiger partial charge in [0.1, 0.15) is 17.8 Å². The lowest BCUT2D eigenvalue weighted by Crippen LogP contribution is -2.43. The Kier molecular flexibility index (Phi) is 3.42. The average Bonchev–Trinajstić information content (AvgIpc) is 3.08. The molecule has 3 aromatic rings. The summed E-state index contributed by atoms with van der Waals surface area (Å²) in [6.45, 7) is 3.95. The number of aromatic nitrogens is 3. The monoisotopic (exact) mass is 330 g/mol. The van der Waals surface area contributed by atoms with Crippen LogP contribution < -0.4 is 5.56 Å². The smallest absolute Gasteiger partial charge is 0.291 e. The molecule has 1 aliphatic rings. The van der Waals surface area contributed by atoms with Crippen LogP contribution in [0.15, 0.2) is 21.5 Å². The zero-order valence-electron chi connectivity index (χ0n) is 13.6. The highest BCUT2D eigenvalue weighted by Crippen LogP contribution is 2.28. The number of ether oxygens (including phenoxy) is 1. The summed E-state index contributed by atoms with van der Waals surface area (Å²) < 4.78 is 13.9. The Labute approximate surface area is 137 Å². The molecule has 0 aliphatic carbocycles. The third-order valence-electron chi connectivity index (χ3n) is 4.44. The minimum atomic E-state index is -0.291. The van der Waals surface area contributed by atoms with E-state index in [1.165, 1.54) is 4.68 Å². The zero-order valence-corrected chi connectivity index (χ0v) is 13.6. The SMILES string of the molecule is Cc1cc2c(o1)c1cnn(CC(=O)N3CCOCC3)c(=O)c1n2C. The van der Waals surface area contributed by atoms with E-state index in [1.54, 1.807) is 15.7 Å². The summed E-state index contributed by atoms with van der Waals surface area (Å²) in [4.78, 5) is 26.8. The fourth-order valence-electron chi connectivity index (χ4n) is 3.19. The third kappa shape index (κ3) is 2.22. The molecule has 1 saturated heterocycles. The van der Waals surface area contributed by atoms with Gasteiger partial charge in [0, 0.05) is 26.2 Å². The van der Waals surface area contributed by atoms with Crippen LogP contribution in [0.3, 0.4) is 0 Å². The van der Waals surface area contributed by atoms with Crippen molar-refractivity contribution in [1.29, 1.82) is 0 Å². The van der Waals surface area contributed by atoms with Crippen LogP contribution in [0.1, 0.15) is 5.76 Å². The molecule has 4 heterocycles. The maximum absolute atomic E-state index is 12.8. The Morgan fingerprint density at radius 1 is 1.33 bits per heavy atom. The average molecular weight is 330 g/mol. The van der Waals surface area contributed by atoms with Gasteiger partial charge in [-0.15, -0.1) is 0 Å². The maximum atomic E-state index is 12.8. The van der Waals surface area contributed by atoms with Crippen molar-refractivity contribution >= 4 is 27.9 Å². The van der Waals surface area contributed by atoms with E-state index >= 15 is 0 Å². The van der Waals surface area contributed by atoms with Crippen molar-refractivity contribution in [3.05, 3.63) is 28.4 Å². The minimum Gasteiger partial charge on any atom is -0.459 e. The molecular weight excluding hydrogens is 312 g/mol. The van der Waals surface area contributed by atoms with Crippen LogP contribution in [0.4, 0.5) is 0 Å². The molecule has 0 unspecified atom stereocenters. The van der Waals surface area contributed by atoms with Crippen molar-refractivity contribution in [3.8, 4) is 0 Å². The number of amides is 1. The fraction of sp³-hybridized carbons (Fsp3) is 0.438. The molecule has 126 valence electrons. The molecule has 1 amide bonds. The quantitative estimate of drug-likeness (QED) is 0.689. The van der Waals surface area contributed by atoms with E-state index in [2.05, 4.69) is 5.10 Å². The van der Waals surface area contributed by atoms with E-state index in [9.17, 15) is 9.59 Å². The van der Waals surface area contributed by atoms with Crippen LogP contribution in [-0.4, -0.2) is 51.5 Å². The van der Waals surface area contributed by atoms with E-state index in [4.69, 9.17) is 9.15 Å². The summed E-state index contributed by atoms with van der Waals surface area (Å²) in [5.41, 5.74) is 1.70. The van der Waals surface area contributed by atoms with Crippen LogP contribution in [0, 0.1) is 6.92 Å². The molecule has 0 saturated carbocycles. The Balaban J connectivity index is 1.74. The summed E-state index contributed by atoms with van der Waals surface area (Å²) in [5.74, 6) is 0.658. The first-order valence-corrected chi connectivity index (χ1v) is 7.86. The maximum Gasteiger partial charge on any atom is 0.291 e. The number of carbonyl (C=O) groups is 1. The van der Waals surface area contributed by atoms with E-state index in [-0.39, 0.29) is 18.0 Å². The van der Waals surface area contributed by atoms with Crippen LogP contribution in [0.5, 0.6) is 0 Å². The van der Waals surface area contributed by atoms with E-state index in [0.717, 1.165) is 11.3 Å². The van der Waals surface area contributed by atoms with E-state index < -0.39 is 0 Å². The highest BCUT2D eigenvalue weighted by atomic mass is 16.5. The molecule has 8 heteroatoms. The third-order valence-corrected chi connectivity index (χ3v) is 4.44. The minimum absolute atomic E-state index is 0.0691. The lowest BCUT2D eigenvalue weighted by molar-refractivity contribution is -0.136. The van der Waals surface area contributed by atoms with E-state index in [0.29, 0.717) is 42.8 Å². The van der Waals surface area contributed by atoms with Crippen molar-refractivity contribution in [2.24, 2.45) is 7.05 Å². The molecule has 8 nitrogen and oxygen atoms in total. The molecule has 0 bridgehead atoms. The van der Waals surface area contributed by atoms with Crippen LogP contribution in [0.25, 0.3) is 22.0 Å². The molecule has 0 atom stereocenters. The van der Waals surface area contributed by atoms with Gasteiger partial charge < -0.3 is 18.6 Å². The second-order valence-corrected chi connectivity index (χ2v) is 5.99. The Bertz CT molecular complexity index is 991. The van der Waals surface area contributed by atoms with Crippen molar-refractivity contribution in [2.45, 2.75) is 13.5 Å². The van der Waals surface area contributed by atoms with Gasteiger partial charge in [-0.1, -0.05) is 0 Å². The summed E-state index contributed by atoms with van der Waals surface area (Å²) in [6, 6.07) is 1.89. The van der Waals surface area contributed by atoms with E-state index in [1.807, 2.05) is 20.0 Å². The largest absolute Gasteiger partial charge is 0.459 e. The Morgan fingerprint density at radius 2 is 2.08 bits per heavy atom. The number of rotatable bonds is 2. The van der Waals surface area contributed by atoms with Crippen molar-refractivity contribution in [3.63, 3.8) is 0 Å². The molecule has 4 rings (SSSR count). The van der Waals surface area contributed by atoms with Crippen LogP contribution in [0.2, 0.25) is 0 Å². The van der Waals surface area contributed by atoms with Crippen molar-refractivity contribution < 1.29 is 13.9 Å². The van der Waals surface area contributed by atoms with Gasteiger partial charge in [-0.25, -0.2) is 4.68 Å². The van der Waals surface area contributed by atoms with Crippen molar-refractivity contribution in [1.82, 2.24) is 19.2 Å². The number of hydrogen-bond acceptors (Lipinski definition) is 5. The summed E-state index contributed by atoms with van der Waals surface area (Å²) >= 11 is 0. The van der Waals surface area contributed by atoms with Gasteiger partial charge in [-0.3, -0.25) is 9.59 Å². The molecule has 24 heavy (non-hydrogen) atoms. The normalized spacial score (nSPS) is 15.5. The number of furan rings is 1. The number of fused-ring (bicyclic) bond motifs is 3. The van der Waals surface area contributed by atoms with Crippen LogP contribution in [-0.2, 0) is 23.1 Å². The predicted octanol–water partition coefficient (Wildman–Crippen LogP) is 0.648. The topological polar surface area (TPSA) is 82.5 Å². The number of hydrogen-bond donors (Lipinski definition) is 0. The van der Waals surface area contributed by atoms with Crippen LogP contribution >= 0.6 is 0 Å². The Morgan fingerprint density at radius 3 is 2.83 bits per heavy atom. The van der Waals surface area contributed by atoms with Gasteiger partial charge >= 0.3 is 0 Å². The molecule has 0 radical (unpaired) electrons. The Hall–Kier alpha value is -2.61. The summed E-state index contributed by atoms with van der Waals surface area (Å²) in [6.07, 6.45) is 1.59. The number of nitrogens with zero attached hydrogens (tertiary/aromatic N) is 4. The lowest BCUT2D eigenvalue weighted by atomic mass is 10.3. The first-order chi connectivity index (χ1) is 11.6. The lowest BCUT2D eigenvalue weighted by Gasteiger charge is -2.26. The summed E-state index contributed by atoms with van der Waals surface area (Å²) in [5, 5.41) is 4.83. The standard InChI is InChI=1S/C16H18N4O4/c1-10-7-12-15(24-10)11-8-17-20(16(22)14(11)18(12)2)9-13(21)19-3-5-23-6-4-19/h7-8H,3-6,9H2,1-2H3. The zero-order chi connectivity index (χ0) is 16.8. The summed E-state index contributed by atoms with van der Waals surface area (Å²) in [7, 11) is 1.81. The van der Waals surface area contributed by atoms with Gasteiger partial charge in [0.15, 0.2) is 5.58 Å². The second-order valence-electron chi connectivity index (χ2n) is 5.99. The molecular formula is C16H18N4O4. The van der Waals surface area contributed by atoms with Crippen molar-refractivity contribution in [2.75, 3.05) is 26.3 Å². The first kappa shape index (κ1) is 14.9. The number of carbonyl (C=O) groups excluding carboxylic acids is 1. The highest BCUT2D eigenvalue weighted by molar-refractivity contribution is 6.04. The van der Waals surface area contributed by atoms with Gasteiger partial charge in [-0.05, 0) is 6.92 Å². The molecule has 0 spiro atoms. The number of morpholine rings is 1. The fourth-order valence-corrected chi connectivity index (χ4v) is 3.19. The molecule has 0 N–H and O–H groups in total. The van der Waals surface area contributed by atoms with Gasteiger partial charge in [0.2, 0.25) is 5.91 Å². The molecule has 1 aliphatic heterocycles. The van der Waals surface area contributed by atoms with Gasteiger partial charge in [-0.2, -0.15) is 5.10 Å². The molecule has 1 fully saturated rings. The molecule has 0 aromatic carbocycles. The second kappa shape index (κ2) is 5.48. The first-order valence-electron chi connectivity index (χ1n) is 7.86. The van der Waals surface area contributed by atoms with Gasteiger partial charge in [0.05, 0.1) is 30.3 Å². The highest BCUT2D eigenvalue weighted by Gasteiger charge is 2.21. The van der Waals surface area contributed by atoms with Gasteiger partial charge in [0.25, 0.3) is 5.56 Å².